The third-order valence-corrected chi connectivity index (χ3v) is 3.47. The smallest absolute Gasteiger partial charge is 0.251 e. The number of nitrogens with one attached hydrogen (secondary N) is 2. The average molecular weight is 307 g/mol. The Hall–Kier alpha value is -2.64. The van der Waals surface area contributed by atoms with Gasteiger partial charge in [0.1, 0.15) is 0 Å². The van der Waals surface area contributed by atoms with E-state index in [2.05, 4.69) is 16.7 Å². The van der Waals surface area contributed by atoms with Gasteiger partial charge in [0, 0.05) is 25.2 Å². The third kappa shape index (κ3) is 5.24. The largest absolute Gasteiger partial charge is 0.352 e. The predicted octanol–water partition coefficient (Wildman–Crippen LogP) is 2.99. The Morgan fingerprint density at radius 2 is 1.83 bits per heavy atom. The molecular weight excluding hydrogens is 286 g/mol. The Morgan fingerprint density at radius 3 is 2.52 bits per heavy atom. The molecule has 0 saturated carbocycles. The molecule has 0 bridgehead atoms. The Labute approximate surface area is 137 Å². The molecule has 2 N–H and O–H groups in total. The molecule has 0 aliphatic rings. The van der Waals surface area contributed by atoms with E-state index in [4.69, 9.17) is 5.26 Å². The number of carbonyl (C=O) groups is 1. The first kappa shape index (κ1) is 16.7. The minimum absolute atomic E-state index is 0.0270. The van der Waals surface area contributed by atoms with Gasteiger partial charge in [-0.25, -0.2) is 0 Å². The van der Waals surface area contributed by atoms with Crippen LogP contribution in [-0.2, 0) is 13.1 Å². The van der Waals surface area contributed by atoms with Crippen LogP contribution in [0.3, 0.4) is 0 Å². The van der Waals surface area contributed by atoms with Crippen molar-refractivity contribution >= 4 is 5.91 Å². The van der Waals surface area contributed by atoms with Crippen LogP contribution in [0.5, 0.6) is 0 Å². The van der Waals surface area contributed by atoms with Gasteiger partial charge in [-0.2, -0.15) is 5.26 Å². The van der Waals surface area contributed by atoms with Gasteiger partial charge in [0.2, 0.25) is 0 Å². The molecule has 0 fully saturated rings. The van der Waals surface area contributed by atoms with Crippen LogP contribution in [0.1, 0.15) is 40.4 Å². The van der Waals surface area contributed by atoms with Gasteiger partial charge >= 0.3 is 0 Å². The van der Waals surface area contributed by atoms with Gasteiger partial charge in [-0.15, -0.1) is 0 Å². The van der Waals surface area contributed by atoms with E-state index >= 15 is 0 Å². The number of rotatable bonds is 7. The molecule has 0 atom stereocenters. The monoisotopic (exact) mass is 307 g/mol. The first-order valence-corrected chi connectivity index (χ1v) is 7.80. The van der Waals surface area contributed by atoms with Crippen LogP contribution >= 0.6 is 0 Å². The lowest BCUT2D eigenvalue weighted by Crippen LogP contribution is -2.24. The summed E-state index contributed by atoms with van der Waals surface area (Å²) in [5.74, 6) is -0.0270. The lowest BCUT2D eigenvalue weighted by molar-refractivity contribution is 0.0953. The van der Waals surface area contributed by atoms with Gasteiger partial charge in [-0.05, 0) is 41.8 Å². The molecule has 2 aromatic rings. The van der Waals surface area contributed by atoms with E-state index in [1.165, 1.54) is 0 Å². The number of carbonyl (C=O) groups excluding carboxylic acids is 1. The fourth-order valence-electron chi connectivity index (χ4n) is 2.21. The number of nitrogens with zero attached hydrogens (tertiary/aromatic N) is 1. The van der Waals surface area contributed by atoms with Crippen LogP contribution < -0.4 is 10.6 Å². The van der Waals surface area contributed by atoms with Crippen molar-refractivity contribution in [1.82, 2.24) is 10.6 Å². The molecule has 4 nitrogen and oxygen atoms in total. The number of hydrogen-bond acceptors (Lipinski definition) is 3. The van der Waals surface area contributed by atoms with Gasteiger partial charge < -0.3 is 10.6 Å². The van der Waals surface area contributed by atoms with Crippen molar-refractivity contribution in [2.45, 2.75) is 26.4 Å². The molecule has 0 aromatic heterocycles. The maximum absolute atomic E-state index is 12.0. The lowest BCUT2D eigenvalue weighted by atomic mass is 10.1. The average Bonchev–Trinajstić information content (AvgIpc) is 2.60. The van der Waals surface area contributed by atoms with Gasteiger partial charge in [-0.1, -0.05) is 31.2 Å². The van der Waals surface area contributed by atoms with Crippen LogP contribution in [0.15, 0.2) is 48.5 Å². The summed E-state index contributed by atoms with van der Waals surface area (Å²) in [5, 5.41) is 15.0. The zero-order valence-electron chi connectivity index (χ0n) is 13.3. The zero-order valence-corrected chi connectivity index (χ0v) is 13.3. The van der Waals surface area contributed by atoms with E-state index in [1.54, 1.807) is 0 Å². The summed E-state index contributed by atoms with van der Waals surface area (Å²) in [6, 6.07) is 17.3. The fraction of sp³-hybridized carbons (Fsp3) is 0.263. The van der Waals surface area contributed by atoms with Gasteiger partial charge in [0.15, 0.2) is 0 Å². The van der Waals surface area contributed by atoms with E-state index in [0.29, 0.717) is 24.2 Å². The number of amides is 1. The normalized spacial score (nSPS) is 10.1. The molecule has 0 unspecified atom stereocenters. The van der Waals surface area contributed by atoms with Crippen LogP contribution in [0, 0.1) is 11.3 Å². The van der Waals surface area contributed by atoms with Crippen molar-refractivity contribution in [3.63, 3.8) is 0 Å². The molecule has 0 aliphatic carbocycles. The van der Waals surface area contributed by atoms with Crippen molar-refractivity contribution in [2.24, 2.45) is 0 Å². The van der Waals surface area contributed by atoms with Crippen LogP contribution in [0.25, 0.3) is 0 Å². The molecule has 0 radical (unpaired) electrons. The summed E-state index contributed by atoms with van der Waals surface area (Å²) in [5.41, 5.74) is 3.55. The lowest BCUT2D eigenvalue weighted by Gasteiger charge is -2.08. The van der Waals surface area contributed by atoms with E-state index in [0.717, 1.165) is 24.1 Å². The molecule has 0 spiro atoms. The van der Waals surface area contributed by atoms with Crippen molar-refractivity contribution in [3.8, 4) is 6.07 Å². The Morgan fingerprint density at radius 1 is 1.09 bits per heavy atom. The third-order valence-electron chi connectivity index (χ3n) is 3.47. The highest BCUT2D eigenvalue weighted by Crippen LogP contribution is 2.07. The number of benzene rings is 2. The Kier molecular flexibility index (Phi) is 6.34. The maximum Gasteiger partial charge on any atom is 0.251 e. The maximum atomic E-state index is 12.0. The molecule has 4 heteroatoms. The second-order valence-corrected chi connectivity index (χ2v) is 5.37. The quantitative estimate of drug-likeness (QED) is 0.826. The van der Waals surface area contributed by atoms with Crippen LogP contribution in [0.4, 0.5) is 0 Å². The first-order valence-electron chi connectivity index (χ1n) is 7.80. The second kappa shape index (κ2) is 8.72. The van der Waals surface area contributed by atoms with Crippen LogP contribution in [0.2, 0.25) is 0 Å². The Balaban J connectivity index is 1.88. The van der Waals surface area contributed by atoms with Crippen molar-refractivity contribution in [1.29, 1.82) is 5.26 Å². The zero-order chi connectivity index (χ0) is 16.5. The minimum atomic E-state index is -0.0270. The summed E-state index contributed by atoms with van der Waals surface area (Å²) in [6.45, 7) is 4.14. The molecule has 0 heterocycles. The molecule has 23 heavy (non-hydrogen) atoms. The molecular formula is C19H21N3O. The highest BCUT2D eigenvalue weighted by atomic mass is 16.1. The highest BCUT2D eigenvalue weighted by molar-refractivity contribution is 5.94. The summed E-state index contributed by atoms with van der Waals surface area (Å²) in [4.78, 5) is 12.0. The fourth-order valence-corrected chi connectivity index (χ4v) is 2.21. The Bertz CT molecular complexity index is 687. The summed E-state index contributed by atoms with van der Waals surface area (Å²) < 4.78 is 0. The van der Waals surface area contributed by atoms with Crippen molar-refractivity contribution in [2.75, 3.05) is 6.54 Å². The minimum Gasteiger partial charge on any atom is -0.352 e. The topological polar surface area (TPSA) is 64.9 Å². The summed E-state index contributed by atoms with van der Waals surface area (Å²) in [6.07, 6.45) is 0.928. The van der Waals surface area contributed by atoms with Gasteiger partial charge in [-0.3, -0.25) is 4.79 Å². The van der Waals surface area contributed by atoms with E-state index in [9.17, 15) is 4.79 Å². The molecule has 2 aromatic carbocycles. The van der Waals surface area contributed by atoms with E-state index in [1.807, 2.05) is 55.5 Å². The number of hydrogen-bond donors (Lipinski definition) is 2. The van der Waals surface area contributed by atoms with E-state index < -0.39 is 0 Å². The SMILES string of the molecule is CCCNC(=O)c1cccc(CNCc2ccc(C#N)cc2)c1. The highest BCUT2D eigenvalue weighted by Gasteiger charge is 2.05. The summed E-state index contributed by atoms with van der Waals surface area (Å²) in [7, 11) is 0. The second-order valence-electron chi connectivity index (χ2n) is 5.37. The first-order chi connectivity index (χ1) is 11.2. The van der Waals surface area contributed by atoms with Crippen molar-refractivity contribution in [3.05, 3.63) is 70.8 Å². The molecule has 0 aliphatic heterocycles. The van der Waals surface area contributed by atoms with Gasteiger partial charge in [0.25, 0.3) is 5.91 Å². The standard InChI is InChI=1S/C19H21N3O/c1-2-10-22-19(23)18-5-3-4-17(11-18)14-21-13-16-8-6-15(12-20)7-9-16/h3-9,11,21H,2,10,13-14H2,1H3,(H,22,23). The number of nitriles is 1. The molecule has 0 saturated heterocycles. The van der Waals surface area contributed by atoms with Crippen LogP contribution in [-0.4, -0.2) is 12.5 Å². The molecule has 1 amide bonds. The molecule has 118 valence electrons. The molecule has 2 rings (SSSR count). The van der Waals surface area contributed by atoms with Crippen molar-refractivity contribution < 1.29 is 4.79 Å². The van der Waals surface area contributed by atoms with Gasteiger partial charge in [0.05, 0.1) is 11.6 Å². The summed E-state index contributed by atoms with van der Waals surface area (Å²) >= 11 is 0. The predicted molar refractivity (Wildman–Crippen MR) is 90.8 cm³/mol. The van der Waals surface area contributed by atoms with E-state index in [-0.39, 0.29) is 5.91 Å².